The van der Waals surface area contributed by atoms with Crippen LogP contribution >= 0.6 is 0 Å². The summed E-state index contributed by atoms with van der Waals surface area (Å²) in [5.41, 5.74) is -0.648. The molecule has 0 spiro atoms. The molecule has 152 valence electrons. The van der Waals surface area contributed by atoms with E-state index in [2.05, 4.69) is 10.1 Å². The second kappa shape index (κ2) is 7.86. The molecule has 0 saturated heterocycles. The molecule has 1 amide bonds. The molecule has 1 heterocycles. The third-order valence-corrected chi connectivity index (χ3v) is 3.79. The molecule has 0 atom stereocenters. The second-order valence-electron chi connectivity index (χ2n) is 5.70. The highest BCUT2D eigenvalue weighted by atomic mass is 19.2. The minimum atomic E-state index is -2.36. The number of amides is 1. The Kier molecular flexibility index (Phi) is 5.48. The number of fused-ring (bicyclic) bond motifs is 1. The number of carbonyl (C=O) groups excluding carboxylic acids is 1. The van der Waals surface area contributed by atoms with Crippen LogP contribution in [0.15, 0.2) is 33.5 Å². The minimum absolute atomic E-state index is 0.0700. The topological polar surface area (TPSA) is 68.5 Å². The van der Waals surface area contributed by atoms with Gasteiger partial charge in [0.25, 0.3) is 5.91 Å². The van der Waals surface area contributed by atoms with E-state index in [1.165, 1.54) is 6.07 Å². The van der Waals surface area contributed by atoms with E-state index in [0.29, 0.717) is 5.39 Å². The first kappa shape index (κ1) is 20.2. The molecule has 0 aliphatic heterocycles. The zero-order chi connectivity index (χ0) is 21.3. The van der Waals surface area contributed by atoms with Gasteiger partial charge in [0.1, 0.15) is 11.4 Å². The van der Waals surface area contributed by atoms with Crippen LogP contribution in [0, 0.1) is 34.9 Å². The number of carbonyl (C=O) groups is 1. The highest BCUT2D eigenvalue weighted by molar-refractivity contribution is 5.82. The van der Waals surface area contributed by atoms with Gasteiger partial charge in [0.2, 0.25) is 29.1 Å². The summed E-state index contributed by atoms with van der Waals surface area (Å²) in [4.78, 5) is 23.3. The van der Waals surface area contributed by atoms with Crippen molar-refractivity contribution in [3.8, 4) is 5.75 Å². The molecule has 0 aliphatic carbocycles. The van der Waals surface area contributed by atoms with Gasteiger partial charge in [-0.25, -0.2) is 22.4 Å². The molecule has 2 aromatic carbocycles. The summed E-state index contributed by atoms with van der Waals surface area (Å²) in [6.45, 7) is -1.36. The van der Waals surface area contributed by atoms with Crippen molar-refractivity contribution in [2.45, 2.75) is 6.54 Å². The van der Waals surface area contributed by atoms with E-state index in [0.717, 1.165) is 18.2 Å². The number of benzene rings is 2. The van der Waals surface area contributed by atoms with E-state index in [4.69, 9.17) is 4.42 Å². The van der Waals surface area contributed by atoms with E-state index in [-0.39, 0.29) is 17.7 Å². The lowest BCUT2D eigenvalue weighted by Crippen LogP contribution is -2.29. The number of ether oxygens (including phenoxy) is 1. The average Bonchev–Trinajstić information content (AvgIpc) is 2.68. The molecule has 11 heteroatoms. The van der Waals surface area contributed by atoms with Gasteiger partial charge >= 0.3 is 5.63 Å². The molecule has 1 N–H and O–H groups in total. The Morgan fingerprint density at radius 1 is 0.931 bits per heavy atom. The monoisotopic (exact) mass is 417 g/mol. The van der Waals surface area contributed by atoms with Crippen LogP contribution in [0.2, 0.25) is 0 Å². The van der Waals surface area contributed by atoms with Crippen LogP contribution in [0.25, 0.3) is 11.0 Å². The highest BCUT2D eigenvalue weighted by Gasteiger charge is 2.27. The van der Waals surface area contributed by atoms with Crippen molar-refractivity contribution in [3.05, 3.63) is 75.2 Å². The van der Waals surface area contributed by atoms with E-state index in [1.807, 2.05) is 0 Å². The smallest absolute Gasteiger partial charge is 0.336 e. The molecule has 0 aliphatic rings. The van der Waals surface area contributed by atoms with Crippen LogP contribution < -0.4 is 15.7 Å². The van der Waals surface area contributed by atoms with Gasteiger partial charge in [-0.05, 0) is 17.7 Å². The summed E-state index contributed by atoms with van der Waals surface area (Å²) in [7, 11) is 0. The van der Waals surface area contributed by atoms with Gasteiger partial charge in [-0.1, -0.05) is 0 Å². The molecular weight excluding hydrogens is 408 g/mol. The predicted molar refractivity (Wildman–Crippen MR) is 86.0 cm³/mol. The Morgan fingerprint density at radius 2 is 1.55 bits per heavy atom. The number of hydrogen-bond donors (Lipinski definition) is 1. The van der Waals surface area contributed by atoms with Crippen molar-refractivity contribution in [1.82, 2.24) is 5.32 Å². The van der Waals surface area contributed by atoms with Crippen LogP contribution in [-0.2, 0) is 11.3 Å². The zero-order valence-electron chi connectivity index (χ0n) is 14.1. The first-order valence-electron chi connectivity index (χ1n) is 7.82. The van der Waals surface area contributed by atoms with E-state index < -0.39 is 58.8 Å². The highest BCUT2D eigenvalue weighted by Crippen LogP contribution is 2.29. The Labute approximate surface area is 157 Å². The Hall–Kier alpha value is -3.50. The molecule has 0 radical (unpaired) electrons. The number of halogens is 6. The molecule has 1 aromatic heterocycles. The maximum Gasteiger partial charge on any atom is 0.336 e. The summed E-state index contributed by atoms with van der Waals surface area (Å²) < 4.78 is 88.7. The SMILES string of the molecule is O=C(COc1c(F)c(F)c(F)c(F)c1F)NCc1cc(=O)oc2cc(F)ccc12. The summed E-state index contributed by atoms with van der Waals surface area (Å²) >= 11 is 0. The Morgan fingerprint density at radius 3 is 2.21 bits per heavy atom. The molecule has 5 nitrogen and oxygen atoms in total. The standard InChI is InChI=1S/C18H9F6NO4/c19-8-1-2-9-7(3-12(27)29-10(9)4-8)5-25-11(26)6-28-18-16(23)14(21)13(20)15(22)17(18)24/h1-4H,5-6H2,(H,25,26). The third kappa shape index (κ3) is 4.03. The Bertz CT molecular complexity index is 1150. The second-order valence-corrected chi connectivity index (χ2v) is 5.70. The van der Waals surface area contributed by atoms with Gasteiger partial charge in [-0.15, -0.1) is 0 Å². The maximum absolute atomic E-state index is 13.5. The first-order valence-corrected chi connectivity index (χ1v) is 7.82. The van der Waals surface area contributed by atoms with Crippen molar-refractivity contribution in [2.75, 3.05) is 6.61 Å². The number of hydrogen-bond acceptors (Lipinski definition) is 4. The fourth-order valence-corrected chi connectivity index (χ4v) is 2.44. The van der Waals surface area contributed by atoms with Gasteiger partial charge in [-0.2, -0.15) is 8.78 Å². The van der Waals surface area contributed by atoms with Crippen LogP contribution in [0.5, 0.6) is 5.75 Å². The van der Waals surface area contributed by atoms with Crippen molar-refractivity contribution in [1.29, 1.82) is 0 Å². The average molecular weight is 417 g/mol. The minimum Gasteiger partial charge on any atom is -0.477 e. The third-order valence-electron chi connectivity index (χ3n) is 3.79. The lowest BCUT2D eigenvalue weighted by atomic mass is 10.1. The molecule has 0 bridgehead atoms. The quantitative estimate of drug-likeness (QED) is 0.299. The van der Waals surface area contributed by atoms with Crippen LogP contribution in [-0.4, -0.2) is 12.5 Å². The van der Waals surface area contributed by atoms with Gasteiger partial charge in [-0.3, -0.25) is 4.79 Å². The van der Waals surface area contributed by atoms with Gasteiger partial charge in [0.15, 0.2) is 12.4 Å². The number of nitrogens with one attached hydrogen (secondary N) is 1. The van der Waals surface area contributed by atoms with Crippen molar-refractivity contribution in [3.63, 3.8) is 0 Å². The lowest BCUT2D eigenvalue weighted by Gasteiger charge is -2.11. The maximum atomic E-state index is 13.5. The van der Waals surface area contributed by atoms with E-state index in [1.54, 1.807) is 0 Å². The van der Waals surface area contributed by atoms with Crippen LogP contribution in [0.4, 0.5) is 26.3 Å². The van der Waals surface area contributed by atoms with Crippen LogP contribution in [0.1, 0.15) is 5.56 Å². The zero-order valence-corrected chi connectivity index (χ0v) is 14.1. The van der Waals surface area contributed by atoms with E-state index >= 15 is 0 Å². The Balaban J connectivity index is 1.72. The predicted octanol–water partition coefficient (Wildman–Crippen LogP) is 3.32. The molecular formula is C18H9F6NO4. The van der Waals surface area contributed by atoms with Crippen molar-refractivity contribution in [2.24, 2.45) is 0 Å². The fourth-order valence-electron chi connectivity index (χ4n) is 2.44. The van der Waals surface area contributed by atoms with Crippen LogP contribution in [0.3, 0.4) is 0 Å². The van der Waals surface area contributed by atoms with Crippen molar-refractivity contribution >= 4 is 16.9 Å². The normalized spacial score (nSPS) is 11.0. The first-order chi connectivity index (χ1) is 13.7. The molecule has 0 unspecified atom stereocenters. The summed E-state index contributed by atoms with van der Waals surface area (Å²) in [5.74, 6) is -14.5. The lowest BCUT2D eigenvalue weighted by molar-refractivity contribution is -0.123. The fraction of sp³-hybridized carbons (Fsp3) is 0.111. The van der Waals surface area contributed by atoms with Crippen molar-refractivity contribution < 1.29 is 40.3 Å². The van der Waals surface area contributed by atoms with E-state index in [9.17, 15) is 35.9 Å². The molecule has 0 fully saturated rings. The molecule has 3 rings (SSSR count). The molecule has 0 saturated carbocycles. The van der Waals surface area contributed by atoms with Gasteiger partial charge in [0.05, 0.1) is 0 Å². The molecule has 29 heavy (non-hydrogen) atoms. The largest absolute Gasteiger partial charge is 0.477 e. The summed E-state index contributed by atoms with van der Waals surface area (Å²) in [6, 6.07) is 4.40. The number of rotatable bonds is 5. The van der Waals surface area contributed by atoms with Gasteiger partial charge in [0, 0.05) is 24.1 Å². The molecule has 3 aromatic rings. The summed E-state index contributed by atoms with van der Waals surface area (Å²) in [6.07, 6.45) is 0. The summed E-state index contributed by atoms with van der Waals surface area (Å²) in [5, 5.41) is 2.55. The van der Waals surface area contributed by atoms with Gasteiger partial charge < -0.3 is 14.5 Å².